The highest BCUT2D eigenvalue weighted by molar-refractivity contribution is 5.77. The van der Waals surface area contributed by atoms with Crippen LogP contribution in [0.25, 0.3) is 0 Å². The van der Waals surface area contributed by atoms with Crippen LogP contribution in [0.5, 0.6) is 0 Å². The first-order valence-electron chi connectivity index (χ1n) is 6.97. The second-order valence-corrected chi connectivity index (χ2v) is 5.51. The van der Waals surface area contributed by atoms with E-state index in [0.717, 1.165) is 45.1 Å². The standard InChI is InChI=1S/C13H23N3O2/c14-13(18)9-3-5-10(6-4-9)16-11-2-1-7-15-12(17)8-11/h9-11,16H,1-8H2,(H2,14,18)(H,15,17). The summed E-state index contributed by atoms with van der Waals surface area (Å²) >= 11 is 0. The highest BCUT2D eigenvalue weighted by Crippen LogP contribution is 2.24. The second-order valence-electron chi connectivity index (χ2n) is 5.51. The van der Waals surface area contributed by atoms with Crippen LogP contribution in [0.15, 0.2) is 0 Å². The molecule has 0 aromatic heterocycles. The van der Waals surface area contributed by atoms with Crippen LogP contribution in [-0.4, -0.2) is 30.4 Å². The summed E-state index contributed by atoms with van der Waals surface area (Å²) < 4.78 is 0. The average Bonchev–Trinajstić information content (AvgIpc) is 2.54. The van der Waals surface area contributed by atoms with Crippen molar-refractivity contribution in [2.45, 2.75) is 57.0 Å². The molecule has 2 aliphatic rings. The van der Waals surface area contributed by atoms with Gasteiger partial charge in [-0.15, -0.1) is 0 Å². The van der Waals surface area contributed by atoms with E-state index in [0.29, 0.717) is 18.5 Å². The van der Waals surface area contributed by atoms with Crippen LogP contribution in [0.4, 0.5) is 0 Å². The molecule has 2 rings (SSSR count). The Balaban J connectivity index is 1.76. The van der Waals surface area contributed by atoms with Gasteiger partial charge in [0.1, 0.15) is 0 Å². The number of rotatable bonds is 3. The number of hydrogen-bond acceptors (Lipinski definition) is 3. The van der Waals surface area contributed by atoms with Crippen molar-refractivity contribution in [1.82, 2.24) is 10.6 Å². The Hall–Kier alpha value is -1.10. The first kappa shape index (κ1) is 13.3. The number of primary amides is 1. The molecule has 2 fully saturated rings. The molecule has 1 atom stereocenters. The van der Waals surface area contributed by atoms with Gasteiger partial charge in [-0.3, -0.25) is 9.59 Å². The molecule has 0 aromatic carbocycles. The van der Waals surface area contributed by atoms with Crippen LogP contribution in [0.1, 0.15) is 44.9 Å². The van der Waals surface area contributed by atoms with Crippen molar-refractivity contribution in [3.63, 3.8) is 0 Å². The lowest BCUT2D eigenvalue weighted by molar-refractivity contribution is -0.122. The summed E-state index contributed by atoms with van der Waals surface area (Å²) in [6.07, 6.45) is 6.42. The first-order chi connectivity index (χ1) is 8.65. The molecule has 5 nitrogen and oxygen atoms in total. The summed E-state index contributed by atoms with van der Waals surface area (Å²) in [5.74, 6) is 0.0404. The van der Waals surface area contributed by atoms with Crippen LogP contribution in [0, 0.1) is 5.92 Å². The smallest absolute Gasteiger partial charge is 0.221 e. The molecule has 0 spiro atoms. The van der Waals surface area contributed by atoms with Crippen molar-refractivity contribution in [3.05, 3.63) is 0 Å². The number of nitrogens with one attached hydrogen (secondary N) is 2. The fourth-order valence-electron chi connectivity index (χ4n) is 2.99. The Bertz CT molecular complexity index is 311. The third-order valence-corrected chi connectivity index (χ3v) is 4.08. The van der Waals surface area contributed by atoms with Crippen LogP contribution in [0.2, 0.25) is 0 Å². The maximum absolute atomic E-state index is 11.5. The molecule has 4 N–H and O–H groups in total. The van der Waals surface area contributed by atoms with Crippen molar-refractivity contribution in [2.24, 2.45) is 11.7 Å². The van der Waals surface area contributed by atoms with E-state index in [1.807, 2.05) is 0 Å². The normalized spacial score (nSPS) is 33.6. The van der Waals surface area contributed by atoms with E-state index in [1.54, 1.807) is 0 Å². The lowest BCUT2D eigenvalue weighted by Crippen LogP contribution is -2.43. The maximum atomic E-state index is 11.5. The van der Waals surface area contributed by atoms with E-state index >= 15 is 0 Å². The molecule has 18 heavy (non-hydrogen) atoms. The summed E-state index contributed by atoms with van der Waals surface area (Å²) in [5.41, 5.74) is 5.32. The van der Waals surface area contributed by atoms with Crippen molar-refractivity contribution in [3.8, 4) is 0 Å². The lowest BCUT2D eigenvalue weighted by atomic mass is 9.85. The zero-order chi connectivity index (χ0) is 13.0. The van der Waals surface area contributed by atoms with E-state index in [4.69, 9.17) is 5.73 Å². The molecule has 1 aliphatic carbocycles. The molecule has 1 unspecified atom stereocenters. The minimum absolute atomic E-state index is 0.0560. The zero-order valence-electron chi connectivity index (χ0n) is 10.8. The molecule has 1 saturated heterocycles. The van der Waals surface area contributed by atoms with Gasteiger partial charge in [0.2, 0.25) is 11.8 Å². The van der Waals surface area contributed by atoms with Crippen molar-refractivity contribution in [1.29, 1.82) is 0 Å². The second kappa shape index (κ2) is 6.18. The Labute approximate surface area is 108 Å². The fourth-order valence-corrected chi connectivity index (χ4v) is 2.99. The largest absolute Gasteiger partial charge is 0.369 e. The van der Waals surface area contributed by atoms with Gasteiger partial charge in [0.05, 0.1) is 0 Å². The van der Waals surface area contributed by atoms with Gasteiger partial charge in [-0.1, -0.05) is 0 Å². The monoisotopic (exact) mass is 253 g/mol. The number of amides is 2. The summed E-state index contributed by atoms with van der Waals surface area (Å²) in [6, 6.07) is 0.735. The lowest BCUT2D eigenvalue weighted by Gasteiger charge is -2.30. The van der Waals surface area contributed by atoms with Gasteiger partial charge in [-0.2, -0.15) is 0 Å². The van der Waals surface area contributed by atoms with Crippen LogP contribution < -0.4 is 16.4 Å². The van der Waals surface area contributed by atoms with Crippen LogP contribution in [0.3, 0.4) is 0 Å². The Kier molecular flexibility index (Phi) is 4.58. The molecule has 0 bridgehead atoms. The molecule has 1 aliphatic heterocycles. The third kappa shape index (κ3) is 3.70. The quantitative estimate of drug-likeness (QED) is 0.676. The third-order valence-electron chi connectivity index (χ3n) is 4.08. The van der Waals surface area contributed by atoms with Crippen LogP contribution >= 0.6 is 0 Å². The van der Waals surface area contributed by atoms with Crippen LogP contribution in [-0.2, 0) is 9.59 Å². The molecular weight excluding hydrogens is 230 g/mol. The van der Waals surface area contributed by atoms with Gasteiger partial charge < -0.3 is 16.4 Å². The van der Waals surface area contributed by atoms with E-state index in [9.17, 15) is 9.59 Å². The van der Waals surface area contributed by atoms with E-state index in [-0.39, 0.29) is 17.7 Å². The average molecular weight is 253 g/mol. The number of nitrogens with two attached hydrogens (primary N) is 1. The predicted octanol–water partition coefficient (Wildman–Crippen LogP) is 0.289. The number of hydrogen-bond donors (Lipinski definition) is 3. The molecule has 2 amide bonds. The molecule has 0 radical (unpaired) electrons. The van der Waals surface area contributed by atoms with Gasteiger partial charge in [0, 0.05) is 31.0 Å². The summed E-state index contributed by atoms with van der Waals surface area (Å²) in [5, 5.41) is 6.47. The SMILES string of the molecule is NC(=O)C1CCC(NC2CCCNC(=O)C2)CC1. The Morgan fingerprint density at radius 2 is 1.89 bits per heavy atom. The highest BCUT2D eigenvalue weighted by Gasteiger charge is 2.27. The number of carbonyl (C=O) groups is 2. The summed E-state index contributed by atoms with van der Waals surface area (Å²) in [6.45, 7) is 0.797. The number of carbonyl (C=O) groups excluding carboxylic acids is 2. The van der Waals surface area contributed by atoms with Crippen molar-refractivity contribution in [2.75, 3.05) is 6.54 Å². The minimum atomic E-state index is -0.165. The van der Waals surface area contributed by atoms with E-state index in [2.05, 4.69) is 10.6 Å². The molecule has 0 aromatic rings. The van der Waals surface area contributed by atoms with E-state index < -0.39 is 0 Å². The fraction of sp³-hybridized carbons (Fsp3) is 0.846. The van der Waals surface area contributed by atoms with E-state index in [1.165, 1.54) is 0 Å². The predicted molar refractivity (Wildman–Crippen MR) is 68.7 cm³/mol. The topological polar surface area (TPSA) is 84.2 Å². The molecular formula is C13H23N3O2. The highest BCUT2D eigenvalue weighted by atomic mass is 16.2. The Morgan fingerprint density at radius 3 is 2.56 bits per heavy atom. The van der Waals surface area contributed by atoms with Crippen molar-refractivity contribution < 1.29 is 9.59 Å². The van der Waals surface area contributed by atoms with Gasteiger partial charge in [-0.25, -0.2) is 0 Å². The first-order valence-corrected chi connectivity index (χ1v) is 6.97. The van der Waals surface area contributed by atoms with Crippen molar-refractivity contribution >= 4 is 11.8 Å². The molecule has 1 saturated carbocycles. The van der Waals surface area contributed by atoms with Gasteiger partial charge in [0.15, 0.2) is 0 Å². The minimum Gasteiger partial charge on any atom is -0.369 e. The Morgan fingerprint density at radius 1 is 1.17 bits per heavy atom. The molecule has 1 heterocycles. The van der Waals surface area contributed by atoms with Gasteiger partial charge >= 0.3 is 0 Å². The summed E-state index contributed by atoms with van der Waals surface area (Å²) in [4.78, 5) is 22.6. The van der Waals surface area contributed by atoms with Gasteiger partial charge in [0.25, 0.3) is 0 Å². The van der Waals surface area contributed by atoms with Gasteiger partial charge in [-0.05, 0) is 38.5 Å². The molecule has 5 heteroatoms. The maximum Gasteiger partial charge on any atom is 0.221 e. The summed E-state index contributed by atoms with van der Waals surface area (Å²) in [7, 11) is 0. The molecule has 102 valence electrons. The zero-order valence-corrected chi connectivity index (χ0v) is 10.8.